The molecule has 2 amide bonds. The number of hydrogen-bond acceptors (Lipinski definition) is 4. The van der Waals surface area contributed by atoms with E-state index >= 15 is 0 Å². The lowest BCUT2D eigenvalue weighted by Crippen LogP contribution is -2.60. The lowest BCUT2D eigenvalue weighted by Gasteiger charge is -2.31. The molecular formula is C14H16N2O4. The number of nitrogens with zero attached hydrogens (tertiary/aromatic N) is 1. The first kappa shape index (κ1) is 14.0. The fourth-order valence-corrected chi connectivity index (χ4v) is 2.05. The molecule has 1 aliphatic heterocycles. The lowest BCUT2D eigenvalue weighted by molar-refractivity contribution is -0.149. The van der Waals surface area contributed by atoms with E-state index in [1.54, 1.807) is 25.1 Å². The SMILES string of the molecule is CCOC(=O)[C@@H]1CN(c2cccc(C)c2)C(=O)C(=O)N1. The van der Waals surface area contributed by atoms with Crippen LogP contribution >= 0.6 is 0 Å². The van der Waals surface area contributed by atoms with Gasteiger partial charge in [0.15, 0.2) is 0 Å². The molecule has 1 N–H and O–H groups in total. The monoisotopic (exact) mass is 276 g/mol. The molecule has 6 heteroatoms. The van der Waals surface area contributed by atoms with Crippen molar-refractivity contribution in [3.8, 4) is 0 Å². The van der Waals surface area contributed by atoms with E-state index in [1.807, 2.05) is 13.0 Å². The van der Waals surface area contributed by atoms with Crippen LogP contribution in [-0.2, 0) is 19.1 Å². The zero-order valence-electron chi connectivity index (χ0n) is 11.4. The van der Waals surface area contributed by atoms with Crippen LogP contribution in [0.3, 0.4) is 0 Å². The minimum absolute atomic E-state index is 0.0762. The number of esters is 1. The van der Waals surface area contributed by atoms with Crippen molar-refractivity contribution < 1.29 is 19.1 Å². The molecule has 0 saturated carbocycles. The van der Waals surface area contributed by atoms with Crippen molar-refractivity contribution in [2.75, 3.05) is 18.1 Å². The molecule has 1 fully saturated rings. The third kappa shape index (κ3) is 2.79. The summed E-state index contributed by atoms with van der Waals surface area (Å²) in [5.74, 6) is -2.00. The van der Waals surface area contributed by atoms with Crippen LogP contribution in [0.15, 0.2) is 24.3 Å². The minimum Gasteiger partial charge on any atom is -0.464 e. The average Bonchev–Trinajstić information content (AvgIpc) is 2.42. The maximum absolute atomic E-state index is 11.9. The van der Waals surface area contributed by atoms with Crippen molar-refractivity contribution in [2.24, 2.45) is 0 Å². The number of nitrogens with one attached hydrogen (secondary N) is 1. The number of hydrogen-bond donors (Lipinski definition) is 1. The van der Waals surface area contributed by atoms with Gasteiger partial charge in [-0.3, -0.25) is 9.59 Å². The Balaban J connectivity index is 2.25. The highest BCUT2D eigenvalue weighted by atomic mass is 16.5. The largest absolute Gasteiger partial charge is 0.464 e. The Labute approximate surface area is 116 Å². The Hall–Kier alpha value is -2.37. The standard InChI is InChI=1S/C14H16N2O4/c1-3-20-14(19)11-8-16(13(18)12(17)15-11)10-6-4-5-9(2)7-10/h4-7,11H,3,8H2,1-2H3,(H,15,17)/t11-/m0/s1. The molecule has 0 radical (unpaired) electrons. The van der Waals surface area contributed by atoms with Crippen LogP contribution in [0.5, 0.6) is 0 Å². The number of amides is 2. The topological polar surface area (TPSA) is 75.7 Å². The highest BCUT2D eigenvalue weighted by Crippen LogP contribution is 2.18. The summed E-state index contributed by atoms with van der Waals surface area (Å²) < 4.78 is 4.88. The summed E-state index contributed by atoms with van der Waals surface area (Å²) in [4.78, 5) is 36.6. The maximum atomic E-state index is 11.9. The molecule has 20 heavy (non-hydrogen) atoms. The molecule has 1 atom stereocenters. The van der Waals surface area contributed by atoms with Gasteiger partial charge in [0.2, 0.25) is 0 Å². The summed E-state index contributed by atoms with van der Waals surface area (Å²) in [6.07, 6.45) is 0. The highest BCUT2D eigenvalue weighted by Gasteiger charge is 2.37. The summed E-state index contributed by atoms with van der Waals surface area (Å²) in [7, 11) is 0. The summed E-state index contributed by atoms with van der Waals surface area (Å²) in [5.41, 5.74) is 1.56. The van der Waals surface area contributed by atoms with E-state index in [0.29, 0.717) is 5.69 Å². The number of carbonyl (C=O) groups is 3. The van der Waals surface area contributed by atoms with Crippen LogP contribution in [0.2, 0.25) is 0 Å². The summed E-state index contributed by atoms with van der Waals surface area (Å²) >= 11 is 0. The van der Waals surface area contributed by atoms with Crippen molar-refractivity contribution in [3.05, 3.63) is 29.8 Å². The average molecular weight is 276 g/mol. The van der Waals surface area contributed by atoms with Gasteiger partial charge in [-0.25, -0.2) is 4.79 Å². The molecule has 6 nitrogen and oxygen atoms in total. The maximum Gasteiger partial charge on any atom is 0.330 e. The number of ether oxygens (including phenoxy) is 1. The number of benzene rings is 1. The van der Waals surface area contributed by atoms with E-state index in [1.165, 1.54) is 4.90 Å². The van der Waals surface area contributed by atoms with E-state index in [0.717, 1.165) is 5.56 Å². The molecule has 1 saturated heterocycles. The Kier molecular flexibility index (Phi) is 4.02. The predicted molar refractivity (Wildman–Crippen MR) is 72.1 cm³/mol. The first-order valence-electron chi connectivity index (χ1n) is 6.38. The van der Waals surface area contributed by atoms with Crippen LogP contribution in [0, 0.1) is 6.92 Å². The predicted octanol–water partition coefficient (Wildman–Crippen LogP) is 0.390. The van der Waals surface area contributed by atoms with Crippen LogP contribution in [-0.4, -0.2) is 37.0 Å². The number of piperazine rings is 1. The molecular weight excluding hydrogens is 260 g/mol. The third-order valence-corrected chi connectivity index (χ3v) is 2.99. The number of anilines is 1. The molecule has 0 aromatic heterocycles. The van der Waals surface area contributed by atoms with Gasteiger partial charge in [-0.1, -0.05) is 12.1 Å². The summed E-state index contributed by atoms with van der Waals surface area (Å²) in [6.45, 7) is 3.88. The Morgan fingerprint density at radius 1 is 1.45 bits per heavy atom. The molecule has 1 aromatic rings. The van der Waals surface area contributed by atoms with Crippen molar-refractivity contribution in [1.29, 1.82) is 0 Å². The van der Waals surface area contributed by atoms with Gasteiger partial charge in [-0.15, -0.1) is 0 Å². The fourth-order valence-electron chi connectivity index (χ4n) is 2.05. The number of carbonyl (C=O) groups excluding carboxylic acids is 3. The smallest absolute Gasteiger partial charge is 0.330 e. The Morgan fingerprint density at radius 2 is 2.20 bits per heavy atom. The molecule has 2 rings (SSSR count). The molecule has 1 aliphatic rings. The van der Waals surface area contributed by atoms with E-state index in [-0.39, 0.29) is 13.2 Å². The lowest BCUT2D eigenvalue weighted by atomic mass is 10.1. The Morgan fingerprint density at radius 3 is 2.85 bits per heavy atom. The molecule has 1 heterocycles. The summed E-state index contributed by atoms with van der Waals surface area (Å²) in [5, 5.41) is 2.36. The zero-order chi connectivity index (χ0) is 14.7. The van der Waals surface area contributed by atoms with Crippen LogP contribution in [0.25, 0.3) is 0 Å². The quantitative estimate of drug-likeness (QED) is 0.640. The second-order valence-corrected chi connectivity index (χ2v) is 4.53. The molecule has 0 unspecified atom stereocenters. The van der Waals surface area contributed by atoms with Crippen molar-refractivity contribution in [3.63, 3.8) is 0 Å². The second-order valence-electron chi connectivity index (χ2n) is 4.53. The number of aryl methyl sites for hydroxylation is 1. The van der Waals surface area contributed by atoms with E-state index < -0.39 is 23.8 Å². The molecule has 0 aliphatic carbocycles. The third-order valence-electron chi connectivity index (χ3n) is 2.99. The van der Waals surface area contributed by atoms with Crippen molar-refractivity contribution >= 4 is 23.5 Å². The first-order valence-corrected chi connectivity index (χ1v) is 6.38. The highest BCUT2D eigenvalue weighted by molar-refractivity contribution is 6.41. The number of rotatable bonds is 3. The van der Waals surface area contributed by atoms with Crippen LogP contribution in [0.1, 0.15) is 12.5 Å². The first-order chi connectivity index (χ1) is 9.52. The van der Waals surface area contributed by atoms with Gasteiger partial charge >= 0.3 is 17.8 Å². The van der Waals surface area contributed by atoms with Gasteiger partial charge in [-0.05, 0) is 31.5 Å². The Bertz CT molecular complexity index is 556. The van der Waals surface area contributed by atoms with Gasteiger partial charge < -0.3 is 15.0 Å². The summed E-state index contributed by atoms with van der Waals surface area (Å²) in [6, 6.07) is 6.37. The molecule has 1 aromatic carbocycles. The van der Waals surface area contributed by atoms with Gasteiger partial charge in [0.1, 0.15) is 6.04 Å². The zero-order valence-corrected chi connectivity index (χ0v) is 11.4. The van der Waals surface area contributed by atoms with E-state index in [4.69, 9.17) is 4.74 Å². The van der Waals surface area contributed by atoms with E-state index in [9.17, 15) is 14.4 Å². The molecule has 0 bridgehead atoms. The van der Waals surface area contributed by atoms with E-state index in [2.05, 4.69) is 5.32 Å². The molecule has 0 spiro atoms. The van der Waals surface area contributed by atoms with Crippen molar-refractivity contribution in [2.45, 2.75) is 19.9 Å². The molecule has 106 valence electrons. The van der Waals surface area contributed by atoms with Gasteiger partial charge in [0, 0.05) is 5.69 Å². The van der Waals surface area contributed by atoms with Gasteiger partial charge in [0.05, 0.1) is 13.2 Å². The van der Waals surface area contributed by atoms with Crippen molar-refractivity contribution in [1.82, 2.24) is 5.32 Å². The fraction of sp³-hybridized carbons (Fsp3) is 0.357. The van der Waals surface area contributed by atoms with Gasteiger partial charge in [-0.2, -0.15) is 0 Å². The minimum atomic E-state index is -0.833. The van der Waals surface area contributed by atoms with Crippen LogP contribution < -0.4 is 10.2 Å². The second kappa shape index (κ2) is 5.73. The van der Waals surface area contributed by atoms with Gasteiger partial charge in [0.25, 0.3) is 0 Å². The normalized spacial score (nSPS) is 18.7. The van der Waals surface area contributed by atoms with Crippen LogP contribution in [0.4, 0.5) is 5.69 Å².